The van der Waals surface area contributed by atoms with Gasteiger partial charge in [-0.15, -0.1) is 0 Å². The molecule has 0 aliphatic heterocycles. The molecule has 428 valence electrons. The van der Waals surface area contributed by atoms with Crippen LogP contribution in [0.3, 0.4) is 0 Å². The Balaban J connectivity index is 0.000000126. The molecule has 4 aromatic heterocycles. The zero-order valence-corrected chi connectivity index (χ0v) is 49.9. The second-order valence-electron chi connectivity index (χ2n) is 22.4. The summed E-state index contributed by atoms with van der Waals surface area (Å²) < 4.78 is 12.8. The van der Waals surface area contributed by atoms with Gasteiger partial charge < -0.3 is 18.9 Å². The van der Waals surface area contributed by atoms with E-state index in [2.05, 4.69) is 128 Å². The number of hydrogen-bond donors (Lipinski definition) is 2. The summed E-state index contributed by atoms with van der Waals surface area (Å²) in [6.45, 7) is 9.13. The van der Waals surface area contributed by atoms with Gasteiger partial charge in [0.25, 0.3) is 0 Å². The van der Waals surface area contributed by atoms with Gasteiger partial charge in [0.2, 0.25) is 5.28 Å². The number of para-hydroxylation sites is 2. The molecule has 0 saturated carbocycles. The molecule has 0 amide bonds. The quantitative estimate of drug-likeness (QED) is 0.127. The standard InChI is InChI=1S/C38H29N3O.C23H21BO3.C15H10ClN3/c1-3-38(4-2)29-21-12-11-18-26(29)32-30(38)22-23-31-33(32)27-19-13-20-28(34(27)42-31)37-40-35(24-14-7-5-8-15-24)39-36(41-37)25-16-9-6-10-17-25;1-3-23(4-2)16-10-6-5-8-14(16)20-17(23)12-13-19-21(20)15-9-7-11-18(24(25)26)22(15)27-19;16-15-18-13(11-7-3-1-4-8-11)17-14(19-15)12-9-5-2-6-10-12/h5-23H,3-4H2,1-2H3;5-13,25-26H,3-4H2,1-2H3;1-10H. The Bertz CT molecular complexity index is 4800. The summed E-state index contributed by atoms with van der Waals surface area (Å²) in [7, 11) is -1.56. The second-order valence-corrected chi connectivity index (χ2v) is 22.7. The van der Waals surface area contributed by atoms with Gasteiger partial charge >= 0.3 is 7.12 Å². The lowest BCUT2D eigenvalue weighted by Crippen LogP contribution is -2.29. The number of rotatable bonds is 10. The molecule has 12 heteroatoms. The molecule has 0 saturated heterocycles. The molecule has 0 fully saturated rings. The van der Waals surface area contributed by atoms with Gasteiger partial charge in [-0.25, -0.2) is 19.9 Å². The lowest BCUT2D eigenvalue weighted by Gasteiger charge is -2.29. The lowest BCUT2D eigenvalue weighted by molar-refractivity contribution is 0.425. The number of hydrogen-bond acceptors (Lipinski definition) is 10. The zero-order valence-electron chi connectivity index (χ0n) is 49.1. The van der Waals surface area contributed by atoms with E-state index in [4.69, 9.17) is 35.4 Å². The maximum absolute atomic E-state index is 9.75. The Morgan fingerprint density at radius 3 is 1.12 bits per heavy atom. The smallest absolute Gasteiger partial charge is 0.456 e. The highest BCUT2D eigenvalue weighted by Gasteiger charge is 2.43. The molecule has 0 atom stereocenters. The summed E-state index contributed by atoms with van der Waals surface area (Å²) in [6, 6.07) is 77.7. The van der Waals surface area contributed by atoms with Crippen molar-refractivity contribution in [1.29, 1.82) is 0 Å². The summed E-state index contributed by atoms with van der Waals surface area (Å²) in [5, 5.41) is 24.0. The fraction of sp³-hybridized carbons (Fsp3) is 0.132. The van der Waals surface area contributed by atoms with Crippen LogP contribution >= 0.6 is 11.6 Å². The molecule has 0 spiro atoms. The van der Waals surface area contributed by atoms with Gasteiger partial charge in [-0.1, -0.05) is 240 Å². The van der Waals surface area contributed by atoms with Crippen molar-refractivity contribution in [3.05, 3.63) is 258 Å². The van der Waals surface area contributed by atoms with Crippen molar-refractivity contribution in [2.45, 2.75) is 64.2 Å². The van der Waals surface area contributed by atoms with E-state index in [0.717, 1.165) is 86.4 Å². The van der Waals surface area contributed by atoms with Crippen LogP contribution in [-0.4, -0.2) is 47.1 Å². The van der Waals surface area contributed by atoms with E-state index in [-0.39, 0.29) is 16.1 Å². The fourth-order valence-corrected chi connectivity index (χ4v) is 14.0. The molecule has 0 radical (unpaired) electrons. The van der Waals surface area contributed by atoms with Gasteiger partial charge in [0.05, 0.1) is 5.56 Å². The van der Waals surface area contributed by atoms with Crippen molar-refractivity contribution in [3.8, 4) is 79.2 Å². The predicted octanol–water partition coefficient (Wildman–Crippen LogP) is 18.1. The third kappa shape index (κ3) is 9.36. The minimum atomic E-state index is -1.56. The normalized spacial score (nSPS) is 13.1. The van der Waals surface area contributed by atoms with Crippen molar-refractivity contribution >= 4 is 68.1 Å². The van der Waals surface area contributed by atoms with E-state index in [9.17, 15) is 10.0 Å². The molecule has 2 N–H and O–H groups in total. The van der Waals surface area contributed by atoms with Crippen molar-refractivity contribution in [1.82, 2.24) is 29.9 Å². The first-order valence-electron chi connectivity index (χ1n) is 30.1. The average molecular weight is 1170 g/mol. The molecule has 2 aliphatic rings. The largest absolute Gasteiger partial charge is 0.492 e. The number of benzene rings is 10. The molecule has 0 unspecified atom stereocenters. The molecule has 16 rings (SSSR count). The number of furan rings is 2. The maximum Gasteiger partial charge on any atom is 0.492 e. The number of nitrogens with zero attached hydrogens (tertiary/aromatic N) is 6. The Hall–Kier alpha value is -9.91. The number of halogens is 1. The van der Waals surface area contributed by atoms with Crippen molar-refractivity contribution < 1.29 is 18.9 Å². The fourth-order valence-electron chi connectivity index (χ4n) is 13.8. The number of aromatic nitrogens is 6. The van der Waals surface area contributed by atoms with Crippen LogP contribution in [0.4, 0.5) is 0 Å². The van der Waals surface area contributed by atoms with Gasteiger partial charge in [-0.05, 0) is 100.0 Å². The molecule has 10 aromatic carbocycles. The van der Waals surface area contributed by atoms with Crippen LogP contribution in [-0.2, 0) is 10.8 Å². The summed E-state index contributed by atoms with van der Waals surface area (Å²) >= 11 is 5.99. The summed E-state index contributed by atoms with van der Waals surface area (Å²) in [5.41, 5.74) is 18.7. The van der Waals surface area contributed by atoms with Crippen LogP contribution in [0.25, 0.3) is 123 Å². The van der Waals surface area contributed by atoms with Crippen LogP contribution in [0.1, 0.15) is 75.6 Å². The van der Waals surface area contributed by atoms with Gasteiger partial charge in [0, 0.05) is 60.1 Å². The second kappa shape index (κ2) is 23.1. The highest BCUT2D eigenvalue weighted by atomic mass is 35.5. The number of fused-ring (bicyclic) bond motifs is 14. The first-order chi connectivity index (χ1) is 43.2. The lowest BCUT2D eigenvalue weighted by atomic mass is 9.74. The third-order valence-electron chi connectivity index (χ3n) is 18.1. The van der Waals surface area contributed by atoms with E-state index in [1.165, 1.54) is 49.9 Å². The van der Waals surface area contributed by atoms with Gasteiger partial charge in [0.1, 0.15) is 22.3 Å². The van der Waals surface area contributed by atoms with Crippen LogP contribution in [0.5, 0.6) is 0 Å². The Morgan fingerprint density at radius 2 is 0.705 bits per heavy atom. The Labute approximate surface area is 515 Å². The molecule has 14 aromatic rings. The van der Waals surface area contributed by atoms with Crippen molar-refractivity contribution in [3.63, 3.8) is 0 Å². The Kier molecular flexibility index (Phi) is 14.7. The molecule has 2 aliphatic carbocycles. The van der Waals surface area contributed by atoms with E-state index in [0.29, 0.717) is 40.2 Å². The van der Waals surface area contributed by atoms with Crippen LogP contribution in [0.2, 0.25) is 5.28 Å². The average Bonchev–Trinajstić information content (AvgIpc) is 1.56. The Morgan fingerprint density at radius 1 is 0.352 bits per heavy atom. The third-order valence-corrected chi connectivity index (χ3v) is 18.3. The highest BCUT2D eigenvalue weighted by molar-refractivity contribution is 6.62. The summed E-state index contributed by atoms with van der Waals surface area (Å²) in [4.78, 5) is 27.7. The van der Waals surface area contributed by atoms with Crippen molar-refractivity contribution in [2.24, 2.45) is 0 Å². The molecular weight excluding hydrogens is 1110 g/mol. The zero-order chi connectivity index (χ0) is 60.1. The molecule has 10 nitrogen and oxygen atoms in total. The van der Waals surface area contributed by atoms with Gasteiger partial charge in [-0.2, -0.15) is 9.97 Å². The van der Waals surface area contributed by atoms with E-state index < -0.39 is 7.12 Å². The SMILES string of the molecule is CCC1(CC)c2ccccc2-c2c1ccc1oc3c(-c4nc(-c5ccccc5)nc(-c5ccccc5)n4)cccc3c21.CCC1(CC)c2ccccc2-c2c1ccc1oc3c(B(O)O)cccc3c21.Clc1nc(-c2ccccc2)nc(-c2ccccc2)n1. The van der Waals surface area contributed by atoms with Crippen LogP contribution < -0.4 is 5.46 Å². The van der Waals surface area contributed by atoms with E-state index in [1.54, 1.807) is 6.07 Å². The van der Waals surface area contributed by atoms with Gasteiger partial charge in [-0.3, -0.25) is 0 Å². The molecular formula is C76H60BClN6O4. The summed E-state index contributed by atoms with van der Waals surface area (Å²) in [6.07, 6.45) is 4.18. The molecule has 88 heavy (non-hydrogen) atoms. The maximum atomic E-state index is 9.75. The molecule has 0 bridgehead atoms. The first-order valence-corrected chi connectivity index (χ1v) is 30.5. The van der Waals surface area contributed by atoms with E-state index >= 15 is 0 Å². The van der Waals surface area contributed by atoms with Crippen molar-refractivity contribution in [2.75, 3.05) is 0 Å². The van der Waals surface area contributed by atoms with Crippen LogP contribution in [0, 0.1) is 0 Å². The van der Waals surface area contributed by atoms with E-state index in [1.807, 2.05) is 140 Å². The van der Waals surface area contributed by atoms with Gasteiger partial charge in [0.15, 0.2) is 29.1 Å². The van der Waals surface area contributed by atoms with Crippen LogP contribution in [0.15, 0.2) is 239 Å². The minimum absolute atomic E-state index is 0.00466. The summed E-state index contributed by atoms with van der Waals surface area (Å²) in [5.74, 6) is 3.04. The molecule has 4 heterocycles. The first kappa shape index (κ1) is 55.9. The minimum Gasteiger partial charge on any atom is -0.456 e. The predicted molar refractivity (Wildman–Crippen MR) is 356 cm³/mol. The monoisotopic (exact) mass is 1170 g/mol. The highest BCUT2D eigenvalue weighted by Crippen LogP contribution is 2.58. The topological polar surface area (TPSA) is 144 Å².